The molecule has 19 heavy (non-hydrogen) atoms. The summed E-state index contributed by atoms with van der Waals surface area (Å²) in [4.78, 5) is 35.8. The summed E-state index contributed by atoms with van der Waals surface area (Å²) in [5.41, 5.74) is 4.83. The molecule has 0 spiro atoms. The van der Waals surface area contributed by atoms with Crippen molar-refractivity contribution in [3.63, 3.8) is 0 Å². The molecule has 2 unspecified atom stereocenters. The van der Waals surface area contributed by atoms with Crippen LogP contribution in [0.1, 0.15) is 6.42 Å². The normalized spacial score (nSPS) is 15.1. The Morgan fingerprint density at radius 2 is 1.26 bits per heavy atom. The average molecular weight is 347 g/mol. The van der Waals surface area contributed by atoms with Gasteiger partial charge in [-0.2, -0.15) is 0 Å². The van der Waals surface area contributed by atoms with Crippen molar-refractivity contribution in [1.29, 1.82) is 0 Å². The van der Waals surface area contributed by atoms with Gasteiger partial charge < -0.3 is 62.4 Å². The van der Waals surface area contributed by atoms with Crippen LogP contribution < -0.4 is 40.2 Å². The molecule has 0 aromatic heterocycles. The third-order valence-electron chi connectivity index (χ3n) is 1.40. The van der Waals surface area contributed by atoms with Crippen LogP contribution in [0.4, 0.5) is 0 Å². The van der Waals surface area contributed by atoms with Gasteiger partial charge in [0.15, 0.2) is 7.60 Å². The Balaban J connectivity index is -0.0000000480. The smallest absolute Gasteiger partial charge is 0.776 e. The van der Waals surface area contributed by atoms with Crippen LogP contribution in [0, 0.1) is 0 Å². The average Bonchev–Trinajstić information content (AvgIpc) is 1.82. The Labute approximate surface area is 130 Å². The predicted octanol–water partition coefficient (Wildman–Crippen LogP) is -9.41. The molecule has 16 N–H and O–H groups in total. The van der Waals surface area contributed by atoms with Crippen molar-refractivity contribution in [2.24, 2.45) is 5.73 Å². The standard InChI is InChI=1S/C3H11NO7P2.Na.5H2O/c4-2-1-3(5,12(6,7)8)13(9,10)11;;;;;;/h5H,1-2,4H2,(H2,6,7,8)(H2,9,10,11);;5*1H2/q;+1;;;;;/p-1. The zero-order valence-electron chi connectivity index (χ0n) is 9.90. The molecule has 0 fully saturated rings. The summed E-state index contributed by atoms with van der Waals surface area (Å²) >= 11 is 0. The van der Waals surface area contributed by atoms with Crippen LogP contribution in [0.2, 0.25) is 0 Å². The zero-order valence-corrected chi connectivity index (χ0v) is 13.7. The second-order valence-electron chi connectivity index (χ2n) is 2.38. The third-order valence-corrected chi connectivity index (χ3v) is 5.22. The van der Waals surface area contributed by atoms with Crippen molar-refractivity contribution >= 4 is 15.2 Å². The maximum atomic E-state index is 10.5. The molecule has 0 saturated carbocycles. The van der Waals surface area contributed by atoms with Gasteiger partial charge in [-0.1, -0.05) is 0 Å². The van der Waals surface area contributed by atoms with Crippen LogP contribution in [0.3, 0.4) is 0 Å². The number of hydrogen-bond acceptors (Lipinski definition) is 5. The van der Waals surface area contributed by atoms with Gasteiger partial charge in [-0.3, -0.25) is 4.57 Å². The summed E-state index contributed by atoms with van der Waals surface area (Å²) in [7, 11) is -10.9. The summed E-state index contributed by atoms with van der Waals surface area (Å²) in [6, 6.07) is 0. The maximum absolute atomic E-state index is 10.5. The molecule has 0 aliphatic rings. The summed E-state index contributed by atoms with van der Waals surface area (Å²) in [5.74, 6) is 0. The first-order valence-corrected chi connectivity index (χ1v) is 6.27. The van der Waals surface area contributed by atoms with Gasteiger partial charge in [0.25, 0.3) is 0 Å². The molecular weight excluding hydrogens is 327 g/mol. The van der Waals surface area contributed by atoms with Crippen molar-refractivity contribution in [2.75, 3.05) is 6.54 Å². The van der Waals surface area contributed by atoms with E-state index in [1.54, 1.807) is 0 Å². The molecule has 0 amide bonds. The molecule has 0 rings (SSSR count). The van der Waals surface area contributed by atoms with E-state index in [1.807, 2.05) is 0 Å². The van der Waals surface area contributed by atoms with Crippen molar-refractivity contribution in [1.82, 2.24) is 0 Å². The first-order chi connectivity index (χ1) is 5.56. The Morgan fingerprint density at radius 3 is 1.32 bits per heavy atom. The molecule has 0 saturated heterocycles. The minimum absolute atomic E-state index is 0. The van der Waals surface area contributed by atoms with Crippen LogP contribution in [-0.4, -0.2) is 58.8 Å². The van der Waals surface area contributed by atoms with Crippen LogP contribution >= 0.6 is 15.2 Å². The van der Waals surface area contributed by atoms with E-state index in [-0.39, 0.29) is 56.9 Å². The fraction of sp³-hybridized carbons (Fsp3) is 1.00. The molecule has 0 aromatic rings. The number of nitrogens with two attached hydrogens (primary N) is 1. The molecule has 120 valence electrons. The molecule has 0 aliphatic heterocycles. The van der Waals surface area contributed by atoms with Crippen molar-refractivity contribution < 1.29 is 90.7 Å². The Bertz CT molecular complexity index is 252. The van der Waals surface area contributed by atoms with Gasteiger partial charge >= 0.3 is 37.2 Å². The van der Waals surface area contributed by atoms with Crippen molar-refractivity contribution in [3.05, 3.63) is 0 Å². The number of hydrogen-bond donors (Lipinski definition) is 5. The summed E-state index contributed by atoms with van der Waals surface area (Å²) in [6.07, 6.45) is -0.936. The monoisotopic (exact) mass is 347 g/mol. The zero-order chi connectivity index (χ0) is 10.9. The first kappa shape index (κ1) is 42.7. The van der Waals surface area contributed by atoms with E-state index in [1.165, 1.54) is 0 Å². The predicted molar refractivity (Wildman–Crippen MR) is 58.6 cm³/mol. The summed E-state index contributed by atoms with van der Waals surface area (Å²) in [6.45, 7) is -0.492. The summed E-state index contributed by atoms with van der Waals surface area (Å²) in [5, 5.41) is 5.54. The maximum Gasteiger partial charge on any atom is 1.00 e. The van der Waals surface area contributed by atoms with E-state index in [4.69, 9.17) is 25.5 Å². The fourth-order valence-electron chi connectivity index (χ4n) is 0.645. The topological polar surface area (TPSA) is 322 Å². The molecule has 0 aromatic carbocycles. The largest absolute Gasteiger partial charge is 1.00 e. The Hall–Kier alpha value is 1.02. The third kappa shape index (κ3) is 10.4. The van der Waals surface area contributed by atoms with Crippen molar-refractivity contribution in [2.45, 2.75) is 11.5 Å². The van der Waals surface area contributed by atoms with Gasteiger partial charge in [0.05, 0.1) is 0 Å². The first-order valence-electron chi connectivity index (χ1n) is 3.08. The number of rotatable bonds is 4. The Morgan fingerprint density at radius 1 is 1.00 bits per heavy atom. The van der Waals surface area contributed by atoms with Gasteiger partial charge in [-0.25, -0.2) is 0 Å². The van der Waals surface area contributed by atoms with E-state index < -0.39 is 33.2 Å². The van der Waals surface area contributed by atoms with E-state index in [0.29, 0.717) is 0 Å². The minimum Gasteiger partial charge on any atom is -0.776 e. The van der Waals surface area contributed by atoms with Crippen LogP contribution in [0.15, 0.2) is 0 Å². The number of aliphatic hydroxyl groups is 1. The summed E-state index contributed by atoms with van der Waals surface area (Å²) < 4.78 is 21.0. The molecular formula is C3H20NNaO12P2. The van der Waals surface area contributed by atoms with E-state index in [0.717, 1.165) is 0 Å². The van der Waals surface area contributed by atoms with Gasteiger partial charge in [0.2, 0.25) is 5.08 Å². The van der Waals surface area contributed by atoms with E-state index >= 15 is 0 Å². The van der Waals surface area contributed by atoms with Gasteiger partial charge in [-0.15, -0.1) is 0 Å². The molecule has 13 nitrogen and oxygen atoms in total. The van der Waals surface area contributed by atoms with E-state index in [9.17, 15) is 14.0 Å². The van der Waals surface area contributed by atoms with Crippen LogP contribution in [0.5, 0.6) is 0 Å². The Kier molecular flexibility index (Phi) is 31.4. The van der Waals surface area contributed by atoms with E-state index in [2.05, 4.69) is 0 Å². The van der Waals surface area contributed by atoms with Crippen LogP contribution in [0.25, 0.3) is 0 Å². The quantitative estimate of drug-likeness (QED) is 0.239. The SMILES string of the molecule is NCCC(O)(P(=O)([O-])O)P(=O)(O)O.O.O.O.O.O.[Na+]. The molecule has 0 radical (unpaired) electrons. The molecule has 2 atom stereocenters. The van der Waals surface area contributed by atoms with Crippen molar-refractivity contribution in [3.8, 4) is 0 Å². The molecule has 0 aliphatic carbocycles. The molecule has 16 heteroatoms. The molecule has 0 heterocycles. The second kappa shape index (κ2) is 14.0. The van der Waals surface area contributed by atoms with Gasteiger partial charge in [-0.05, 0) is 6.54 Å². The van der Waals surface area contributed by atoms with Crippen LogP contribution in [-0.2, 0) is 9.13 Å². The minimum atomic E-state index is -5.56. The molecule has 0 bridgehead atoms. The van der Waals surface area contributed by atoms with Gasteiger partial charge in [0.1, 0.15) is 0 Å². The second-order valence-corrected chi connectivity index (χ2v) is 6.34. The van der Waals surface area contributed by atoms with Gasteiger partial charge in [0, 0.05) is 6.42 Å². The fourth-order valence-corrected chi connectivity index (χ4v) is 2.79.